The zero-order valence-corrected chi connectivity index (χ0v) is 12.0. The van der Waals surface area contributed by atoms with Crippen LogP contribution in [-0.2, 0) is 6.54 Å². The van der Waals surface area contributed by atoms with Gasteiger partial charge in [-0.1, -0.05) is 25.1 Å². The van der Waals surface area contributed by atoms with Gasteiger partial charge in [-0.25, -0.2) is 4.39 Å². The van der Waals surface area contributed by atoms with Crippen molar-refractivity contribution in [1.29, 1.82) is 0 Å². The Kier molecular flexibility index (Phi) is 5.34. The van der Waals surface area contributed by atoms with Crippen molar-refractivity contribution < 1.29 is 4.39 Å². The van der Waals surface area contributed by atoms with Crippen molar-refractivity contribution in [3.63, 3.8) is 0 Å². The van der Waals surface area contributed by atoms with Gasteiger partial charge in [0.05, 0.1) is 0 Å². The van der Waals surface area contributed by atoms with Gasteiger partial charge in [0.25, 0.3) is 0 Å². The predicted octanol–water partition coefficient (Wildman–Crippen LogP) is 3.04. The zero-order valence-electron chi connectivity index (χ0n) is 12.0. The summed E-state index contributed by atoms with van der Waals surface area (Å²) in [5.41, 5.74) is 0.803. The van der Waals surface area contributed by atoms with Gasteiger partial charge in [-0.05, 0) is 51.4 Å². The predicted molar refractivity (Wildman–Crippen MR) is 77.5 cm³/mol. The molecular weight excluding hydrogens is 239 g/mol. The summed E-state index contributed by atoms with van der Waals surface area (Å²) in [6.07, 6.45) is 3.72. The molecule has 0 saturated heterocycles. The van der Waals surface area contributed by atoms with Gasteiger partial charge in [0.15, 0.2) is 0 Å². The Morgan fingerprint density at radius 2 is 2.11 bits per heavy atom. The van der Waals surface area contributed by atoms with Crippen LogP contribution in [0.2, 0.25) is 0 Å². The SMILES string of the molecule is CCCNCC1CCC1N(C)Cc1ccccc1F. The van der Waals surface area contributed by atoms with E-state index in [-0.39, 0.29) is 5.82 Å². The van der Waals surface area contributed by atoms with E-state index in [1.165, 1.54) is 19.3 Å². The smallest absolute Gasteiger partial charge is 0.127 e. The van der Waals surface area contributed by atoms with Crippen molar-refractivity contribution >= 4 is 0 Å². The van der Waals surface area contributed by atoms with Crippen LogP contribution in [0.5, 0.6) is 0 Å². The van der Waals surface area contributed by atoms with Crippen molar-refractivity contribution in [2.45, 2.75) is 38.8 Å². The minimum Gasteiger partial charge on any atom is -0.316 e. The van der Waals surface area contributed by atoms with Crippen molar-refractivity contribution in [1.82, 2.24) is 10.2 Å². The summed E-state index contributed by atoms with van der Waals surface area (Å²) in [6, 6.07) is 7.69. The second kappa shape index (κ2) is 7.01. The number of hydrogen-bond donors (Lipinski definition) is 1. The molecule has 2 nitrogen and oxygen atoms in total. The van der Waals surface area contributed by atoms with Crippen LogP contribution in [0.25, 0.3) is 0 Å². The zero-order chi connectivity index (χ0) is 13.7. The Morgan fingerprint density at radius 1 is 1.32 bits per heavy atom. The van der Waals surface area contributed by atoms with E-state index in [4.69, 9.17) is 0 Å². The van der Waals surface area contributed by atoms with Gasteiger partial charge in [0.1, 0.15) is 5.82 Å². The second-order valence-electron chi connectivity index (χ2n) is 5.62. The fraction of sp³-hybridized carbons (Fsp3) is 0.625. The molecule has 0 aromatic heterocycles. The van der Waals surface area contributed by atoms with E-state index >= 15 is 0 Å². The Balaban J connectivity index is 1.83. The Morgan fingerprint density at radius 3 is 2.74 bits per heavy atom. The molecule has 1 aromatic carbocycles. The molecule has 3 heteroatoms. The highest BCUT2D eigenvalue weighted by Gasteiger charge is 2.33. The fourth-order valence-electron chi connectivity index (χ4n) is 2.85. The molecule has 2 unspecified atom stereocenters. The maximum absolute atomic E-state index is 13.6. The van der Waals surface area contributed by atoms with Crippen molar-refractivity contribution in [3.8, 4) is 0 Å². The number of halogens is 1. The monoisotopic (exact) mass is 264 g/mol. The lowest BCUT2D eigenvalue weighted by Crippen LogP contribution is -2.48. The summed E-state index contributed by atoms with van der Waals surface area (Å²) in [6.45, 7) is 5.09. The highest BCUT2D eigenvalue weighted by atomic mass is 19.1. The molecule has 1 aromatic rings. The molecule has 0 amide bonds. The molecule has 0 heterocycles. The van der Waals surface area contributed by atoms with Gasteiger partial charge in [-0.15, -0.1) is 0 Å². The average Bonchev–Trinajstić information content (AvgIpc) is 2.36. The third-order valence-corrected chi connectivity index (χ3v) is 4.15. The van der Waals surface area contributed by atoms with Crippen molar-refractivity contribution in [2.24, 2.45) is 5.92 Å². The average molecular weight is 264 g/mol. The van der Waals surface area contributed by atoms with Gasteiger partial charge in [-0.2, -0.15) is 0 Å². The first kappa shape index (κ1) is 14.5. The third-order valence-electron chi connectivity index (χ3n) is 4.15. The lowest BCUT2D eigenvalue weighted by atomic mass is 9.78. The maximum atomic E-state index is 13.6. The van der Waals surface area contributed by atoms with Crippen LogP contribution in [0.1, 0.15) is 31.7 Å². The normalized spacial score (nSPS) is 22.5. The molecule has 1 aliphatic rings. The van der Waals surface area contributed by atoms with Crippen molar-refractivity contribution in [2.75, 3.05) is 20.1 Å². The molecule has 0 bridgehead atoms. The molecule has 0 aliphatic heterocycles. The molecular formula is C16H25FN2. The van der Waals surface area contributed by atoms with E-state index in [0.717, 1.165) is 24.6 Å². The number of hydrogen-bond acceptors (Lipinski definition) is 2. The summed E-state index contributed by atoms with van der Waals surface area (Å²) >= 11 is 0. The second-order valence-corrected chi connectivity index (χ2v) is 5.62. The Bertz CT molecular complexity index is 394. The van der Waals surface area contributed by atoms with E-state index in [1.807, 2.05) is 12.1 Å². The molecule has 1 aliphatic carbocycles. The number of rotatable bonds is 7. The first-order valence-corrected chi connectivity index (χ1v) is 7.36. The lowest BCUT2D eigenvalue weighted by Gasteiger charge is -2.43. The van der Waals surface area contributed by atoms with Crippen LogP contribution in [0, 0.1) is 11.7 Å². The highest BCUT2D eigenvalue weighted by Crippen LogP contribution is 2.31. The molecule has 0 radical (unpaired) electrons. The molecule has 1 saturated carbocycles. The lowest BCUT2D eigenvalue weighted by molar-refractivity contribution is 0.0773. The van der Waals surface area contributed by atoms with E-state index < -0.39 is 0 Å². The van der Waals surface area contributed by atoms with Gasteiger partial charge in [0.2, 0.25) is 0 Å². The quantitative estimate of drug-likeness (QED) is 0.762. The summed E-state index contributed by atoms with van der Waals surface area (Å²) in [5.74, 6) is 0.637. The molecule has 1 fully saturated rings. The van der Waals surface area contributed by atoms with E-state index in [1.54, 1.807) is 12.1 Å². The van der Waals surface area contributed by atoms with Gasteiger partial charge in [0, 0.05) is 18.2 Å². The minimum atomic E-state index is -0.0886. The van der Waals surface area contributed by atoms with Gasteiger partial charge in [-0.3, -0.25) is 4.90 Å². The molecule has 19 heavy (non-hydrogen) atoms. The van der Waals surface area contributed by atoms with E-state index in [2.05, 4.69) is 24.2 Å². The minimum absolute atomic E-state index is 0.0886. The van der Waals surface area contributed by atoms with E-state index in [0.29, 0.717) is 12.6 Å². The Labute approximate surface area is 116 Å². The number of nitrogens with one attached hydrogen (secondary N) is 1. The highest BCUT2D eigenvalue weighted by molar-refractivity contribution is 5.17. The standard InChI is InChI=1S/C16H25FN2/c1-3-10-18-11-13-8-9-16(13)19(2)12-14-6-4-5-7-15(14)17/h4-7,13,16,18H,3,8-12H2,1-2H3. The van der Waals surface area contributed by atoms with Crippen LogP contribution in [-0.4, -0.2) is 31.1 Å². The van der Waals surface area contributed by atoms with Crippen LogP contribution in [0.4, 0.5) is 4.39 Å². The first-order valence-electron chi connectivity index (χ1n) is 7.36. The largest absolute Gasteiger partial charge is 0.316 e. The maximum Gasteiger partial charge on any atom is 0.127 e. The number of nitrogens with zero attached hydrogens (tertiary/aromatic N) is 1. The van der Waals surface area contributed by atoms with Gasteiger partial charge >= 0.3 is 0 Å². The molecule has 106 valence electrons. The topological polar surface area (TPSA) is 15.3 Å². The molecule has 1 N–H and O–H groups in total. The fourth-order valence-corrected chi connectivity index (χ4v) is 2.85. The van der Waals surface area contributed by atoms with Gasteiger partial charge < -0.3 is 5.32 Å². The third kappa shape index (κ3) is 3.77. The first-order chi connectivity index (χ1) is 9.22. The van der Waals surface area contributed by atoms with E-state index in [9.17, 15) is 4.39 Å². The summed E-state index contributed by atoms with van der Waals surface area (Å²) in [5, 5.41) is 3.50. The van der Waals surface area contributed by atoms with Crippen LogP contribution < -0.4 is 5.32 Å². The molecule has 2 rings (SSSR count). The van der Waals surface area contributed by atoms with Crippen LogP contribution >= 0.6 is 0 Å². The Hall–Kier alpha value is -0.930. The molecule has 0 spiro atoms. The summed E-state index contributed by atoms with van der Waals surface area (Å²) in [7, 11) is 2.11. The molecule has 2 atom stereocenters. The number of benzene rings is 1. The van der Waals surface area contributed by atoms with Crippen LogP contribution in [0.3, 0.4) is 0 Å². The van der Waals surface area contributed by atoms with Crippen LogP contribution in [0.15, 0.2) is 24.3 Å². The van der Waals surface area contributed by atoms with Crippen molar-refractivity contribution in [3.05, 3.63) is 35.6 Å². The summed E-state index contributed by atoms with van der Waals surface area (Å²) in [4.78, 5) is 2.31. The summed E-state index contributed by atoms with van der Waals surface area (Å²) < 4.78 is 13.6.